The van der Waals surface area contributed by atoms with Crippen LogP contribution < -0.4 is 5.48 Å². The molecular weight excluding hydrogens is 174 g/mol. The van der Waals surface area contributed by atoms with Gasteiger partial charge in [-0.15, -0.1) is 0 Å². The summed E-state index contributed by atoms with van der Waals surface area (Å²) < 4.78 is 0. The van der Waals surface area contributed by atoms with E-state index >= 15 is 0 Å². The Hall–Kier alpha value is -1.89. The molecule has 1 amide bonds. The Balaban J connectivity index is 2.33. The highest BCUT2D eigenvalue weighted by molar-refractivity contribution is 6.47. The number of hydrogen-bond acceptors (Lipinski definition) is 6. The lowest BCUT2D eigenvalue weighted by Gasteiger charge is -2.11. The summed E-state index contributed by atoms with van der Waals surface area (Å²) in [5, 5.41) is 8.39. The van der Waals surface area contributed by atoms with Gasteiger partial charge in [0.1, 0.15) is 18.4 Å². The van der Waals surface area contributed by atoms with E-state index in [4.69, 9.17) is 5.21 Å². The number of amides is 1. The predicted octanol–water partition coefficient (Wildman–Crippen LogP) is -1.22. The number of carbonyl (C=O) groups excluding carboxylic acids is 1. The number of carbonyl (C=O) groups is 1. The van der Waals surface area contributed by atoms with E-state index in [0.717, 1.165) is 0 Å². The molecule has 66 valence electrons. The maximum atomic E-state index is 11.0. The van der Waals surface area contributed by atoms with Gasteiger partial charge in [0.2, 0.25) is 0 Å². The highest BCUT2D eigenvalue weighted by atomic mass is 16.5. The standard InChI is InChI=1S/C6H5N5O2/c12-6(11-13)4-3-5(9-1-7-3)10-2-8-4/h1-3,13H,(H,11,12). The average Bonchev–Trinajstić information content (AvgIpc) is 2.63. The fourth-order valence-electron chi connectivity index (χ4n) is 1.05. The Morgan fingerprint density at radius 2 is 2.31 bits per heavy atom. The van der Waals surface area contributed by atoms with Gasteiger partial charge in [0.05, 0.1) is 0 Å². The third-order valence-electron chi connectivity index (χ3n) is 1.63. The lowest BCUT2D eigenvalue weighted by Crippen LogP contribution is -2.40. The largest absolute Gasteiger partial charge is 0.291 e. The number of rotatable bonds is 1. The molecule has 0 aromatic carbocycles. The molecular formula is C6H5N5O2. The molecule has 2 aliphatic heterocycles. The molecule has 0 saturated heterocycles. The van der Waals surface area contributed by atoms with Crippen LogP contribution in [0.2, 0.25) is 0 Å². The molecule has 7 heteroatoms. The second-order valence-electron chi connectivity index (χ2n) is 2.35. The van der Waals surface area contributed by atoms with Crippen molar-refractivity contribution in [2.24, 2.45) is 20.0 Å². The van der Waals surface area contributed by atoms with Crippen LogP contribution in [0.5, 0.6) is 0 Å². The van der Waals surface area contributed by atoms with Gasteiger partial charge in [-0.1, -0.05) is 0 Å². The highest BCUT2D eigenvalue weighted by Crippen LogP contribution is 2.08. The lowest BCUT2D eigenvalue weighted by atomic mass is 10.1. The van der Waals surface area contributed by atoms with Gasteiger partial charge in [0, 0.05) is 0 Å². The maximum Gasteiger partial charge on any atom is 0.291 e. The van der Waals surface area contributed by atoms with E-state index in [1.807, 2.05) is 0 Å². The first-order chi connectivity index (χ1) is 6.33. The summed E-state index contributed by atoms with van der Waals surface area (Å²) in [5.41, 5.74) is 1.58. The van der Waals surface area contributed by atoms with Gasteiger partial charge in [0.15, 0.2) is 11.9 Å². The summed E-state index contributed by atoms with van der Waals surface area (Å²) in [6, 6.07) is -0.572. The number of hydrogen-bond donors (Lipinski definition) is 2. The molecule has 2 aliphatic rings. The Labute approximate surface area is 72.6 Å². The van der Waals surface area contributed by atoms with Crippen LogP contribution in [-0.4, -0.2) is 41.4 Å². The second kappa shape index (κ2) is 2.87. The van der Waals surface area contributed by atoms with Gasteiger partial charge in [0.25, 0.3) is 5.91 Å². The molecule has 1 unspecified atom stereocenters. The van der Waals surface area contributed by atoms with Crippen LogP contribution in [0.15, 0.2) is 20.0 Å². The van der Waals surface area contributed by atoms with Crippen molar-refractivity contribution in [1.29, 1.82) is 0 Å². The highest BCUT2D eigenvalue weighted by Gasteiger charge is 2.30. The van der Waals surface area contributed by atoms with E-state index < -0.39 is 11.9 Å². The van der Waals surface area contributed by atoms with Crippen LogP contribution in [0, 0.1) is 0 Å². The first kappa shape index (κ1) is 7.74. The zero-order chi connectivity index (χ0) is 9.26. The molecule has 2 heterocycles. The minimum absolute atomic E-state index is 0.0880. The van der Waals surface area contributed by atoms with Crippen LogP contribution in [0.3, 0.4) is 0 Å². The molecule has 0 bridgehead atoms. The fraction of sp³-hybridized carbons (Fsp3) is 0.167. The smallest absolute Gasteiger partial charge is 0.288 e. The Bertz CT molecular complexity index is 367. The van der Waals surface area contributed by atoms with E-state index in [9.17, 15) is 4.79 Å². The van der Waals surface area contributed by atoms with Crippen LogP contribution in [0.4, 0.5) is 0 Å². The third-order valence-corrected chi connectivity index (χ3v) is 1.63. The molecule has 0 aromatic rings. The average molecular weight is 179 g/mol. The predicted molar refractivity (Wildman–Crippen MR) is 45.6 cm³/mol. The van der Waals surface area contributed by atoms with Crippen LogP contribution in [-0.2, 0) is 4.79 Å². The van der Waals surface area contributed by atoms with Crippen molar-refractivity contribution in [3.05, 3.63) is 0 Å². The fourth-order valence-corrected chi connectivity index (χ4v) is 1.05. The normalized spacial score (nSPS) is 23.6. The number of nitrogens with one attached hydrogen (secondary N) is 1. The summed E-state index contributed by atoms with van der Waals surface area (Å²) in [6.45, 7) is 0. The number of nitrogens with zero attached hydrogens (tertiary/aromatic N) is 4. The van der Waals surface area contributed by atoms with Crippen molar-refractivity contribution in [1.82, 2.24) is 5.48 Å². The third kappa shape index (κ3) is 1.14. The number of hydroxylamine groups is 1. The molecule has 0 radical (unpaired) electrons. The summed E-state index contributed by atoms with van der Waals surface area (Å²) in [6.07, 6.45) is 2.51. The van der Waals surface area contributed by atoms with E-state index in [0.29, 0.717) is 5.84 Å². The van der Waals surface area contributed by atoms with Crippen molar-refractivity contribution in [3.8, 4) is 0 Å². The van der Waals surface area contributed by atoms with Crippen molar-refractivity contribution in [2.75, 3.05) is 0 Å². The molecule has 13 heavy (non-hydrogen) atoms. The van der Waals surface area contributed by atoms with Crippen molar-refractivity contribution in [3.63, 3.8) is 0 Å². The van der Waals surface area contributed by atoms with Gasteiger partial charge in [-0.3, -0.25) is 15.0 Å². The Morgan fingerprint density at radius 3 is 3.08 bits per heavy atom. The maximum absolute atomic E-state index is 11.0. The number of fused-ring (bicyclic) bond motifs is 1. The lowest BCUT2D eigenvalue weighted by molar-refractivity contribution is -0.122. The molecule has 0 aromatic heterocycles. The summed E-state index contributed by atoms with van der Waals surface area (Å²) in [7, 11) is 0. The Morgan fingerprint density at radius 1 is 1.46 bits per heavy atom. The van der Waals surface area contributed by atoms with Gasteiger partial charge < -0.3 is 0 Å². The zero-order valence-corrected chi connectivity index (χ0v) is 6.38. The molecule has 7 nitrogen and oxygen atoms in total. The Kier molecular flexibility index (Phi) is 1.71. The SMILES string of the molecule is O=C(NO)C1=NC=NC2=NC=NC21. The van der Waals surface area contributed by atoms with Crippen molar-refractivity contribution >= 4 is 30.1 Å². The summed E-state index contributed by atoms with van der Waals surface area (Å²) in [5.74, 6) is -0.281. The monoisotopic (exact) mass is 179 g/mol. The molecule has 2 N–H and O–H groups in total. The quantitative estimate of drug-likeness (QED) is 0.389. The van der Waals surface area contributed by atoms with Crippen molar-refractivity contribution < 1.29 is 10.0 Å². The van der Waals surface area contributed by atoms with E-state index in [-0.39, 0.29) is 5.71 Å². The molecule has 0 saturated carbocycles. The minimum Gasteiger partial charge on any atom is -0.288 e. The molecule has 1 atom stereocenters. The van der Waals surface area contributed by atoms with Gasteiger partial charge >= 0.3 is 0 Å². The summed E-state index contributed by atoms with van der Waals surface area (Å²) >= 11 is 0. The second-order valence-corrected chi connectivity index (χ2v) is 2.35. The van der Waals surface area contributed by atoms with Crippen LogP contribution in [0.25, 0.3) is 0 Å². The molecule has 0 spiro atoms. The first-order valence-electron chi connectivity index (χ1n) is 3.47. The van der Waals surface area contributed by atoms with Crippen LogP contribution >= 0.6 is 0 Å². The molecule has 0 aliphatic carbocycles. The molecule has 0 fully saturated rings. The number of aliphatic imine (C=N–C) groups is 4. The van der Waals surface area contributed by atoms with Gasteiger partial charge in [-0.25, -0.2) is 20.5 Å². The molecule has 2 rings (SSSR count). The number of amidine groups is 1. The van der Waals surface area contributed by atoms with Crippen LogP contribution in [0.1, 0.15) is 0 Å². The topological polar surface area (TPSA) is 98.8 Å². The minimum atomic E-state index is -0.692. The van der Waals surface area contributed by atoms with E-state index in [1.54, 1.807) is 0 Å². The van der Waals surface area contributed by atoms with E-state index in [2.05, 4.69) is 20.0 Å². The summed E-state index contributed by atoms with van der Waals surface area (Å²) in [4.78, 5) is 26.2. The first-order valence-corrected chi connectivity index (χ1v) is 3.47. The zero-order valence-electron chi connectivity index (χ0n) is 6.38. The van der Waals surface area contributed by atoms with Gasteiger partial charge in [-0.2, -0.15) is 0 Å². The van der Waals surface area contributed by atoms with Gasteiger partial charge in [-0.05, 0) is 0 Å². The van der Waals surface area contributed by atoms with Crippen molar-refractivity contribution in [2.45, 2.75) is 6.04 Å². The van der Waals surface area contributed by atoms with E-state index in [1.165, 1.54) is 18.2 Å².